The molecule has 18 heavy (non-hydrogen) atoms. The maximum absolute atomic E-state index is 11.4. The lowest BCUT2D eigenvalue weighted by Crippen LogP contribution is -2.30. The van der Waals surface area contributed by atoms with E-state index in [9.17, 15) is 14.9 Å². The Morgan fingerprint density at radius 3 is 2.78 bits per heavy atom. The van der Waals surface area contributed by atoms with Crippen molar-refractivity contribution in [3.05, 3.63) is 33.3 Å². The van der Waals surface area contributed by atoms with Crippen LogP contribution in [0.1, 0.15) is 6.42 Å². The van der Waals surface area contributed by atoms with Crippen molar-refractivity contribution >= 4 is 29.0 Å². The van der Waals surface area contributed by atoms with Gasteiger partial charge in [0, 0.05) is 25.3 Å². The van der Waals surface area contributed by atoms with Crippen LogP contribution in [0.2, 0.25) is 5.02 Å². The van der Waals surface area contributed by atoms with Gasteiger partial charge in [0.1, 0.15) is 0 Å². The third-order valence-electron chi connectivity index (χ3n) is 2.03. The number of nitrogens with zero attached hydrogens (tertiary/aromatic N) is 1. The average molecular weight is 274 g/mol. The van der Waals surface area contributed by atoms with Crippen molar-refractivity contribution in [2.45, 2.75) is 6.42 Å². The van der Waals surface area contributed by atoms with Crippen LogP contribution in [-0.4, -0.2) is 29.2 Å². The number of aliphatic hydroxyl groups excluding tert-OH is 1. The van der Waals surface area contributed by atoms with Gasteiger partial charge in [-0.3, -0.25) is 10.1 Å². The smallest absolute Gasteiger partial charge is 0.319 e. The molecule has 7 nitrogen and oxygen atoms in total. The molecule has 1 aromatic rings. The monoisotopic (exact) mass is 273 g/mol. The Hall–Kier alpha value is -1.86. The lowest BCUT2D eigenvalue weighted by atomic mass is 10.3. The number of urea groups is 1. The van der Waals surface area contributed by atoms with E-state index >= 15 is 0 Å². The maximum atomic E-state index is 11.4. The summed E-state index contributed by atoms with van der Waals surface area (Å²) in [6.07, 6.45) is 0.446. The molecule has 0 unspecified atom stereocenters. The van der Waals surface area contributed by atoms with E-state index in [1.165, 1.54) is 12.1 Å². The average Bonchev–Trinajstić information content (AvgIpc) is 2.32. The van der Waals surface area contributed by atoms with Crippen LogP contribution in [0.5, 0.6) is 0 Å². The third-order valence-corrected chi connectivity index (χ3v) is 2.34. The van der Waals surface area contributed by atoms with Gasteiger partial charge in [-0.2, -0.15) is 0 Å². The second-order valence-corrected chi connectivity index (χ2v) is 3.79. The summed E-state index contributed by atoms with van der Waals surface area (Å²) in [5.41, 5.74) is 0.134. The molecule has 0 spiro atoms. The van der Waals surface area contributed by atoms with E-state index in [-0.39, 0.29) is 23.0 Å². The number of anilines is 1. The van der Waals surface area contributed by atoms with E-state index < -0.39 is 11.0 Å². The number of nitro groups is 1. The van der Waals surface area contributed by atoms with Crippen molar-refractivity contribution in [2.75, 3.05) is 18.5 Å². The van der Waals surface area contributed by atoms with Crippen LogP contribution in [0.3, 0.4) is 0 Å². The van der Waals surface area contributed by atoms with Crippen LogP contribution in [0.25, 0.3) is 0 Å². The molecule has 98 valence electrons. The number of benzene rings is 1. The molecule has 0 saturated carbocycles. The quantitative estimate of drug-likeness (QED) is 0.432. The number of aliphatic hydroxyl groups is 1. The lowest BCUT2D eigenvalue weighted by molar-refractivity contribution is -0.384. The molecule has 0 aromatic heterocycles. The largest absolute Gasteiger partial charge is 0.396 e. The zero-order chi connectivity index (χ0) is 13.5. The maximum Gasteiger partial charge on any atom is 0.319 e. The van der Waals surface area contributed by atoms with Gasteiger partial charge in [0.15, 0.2) is 0 Å². The normalized spacial score (nSPS) is 9.89. The van der Waals surface area contributed by atoms with E-state index in [1.807, 2.05) is 0 Å². The molecule has 0 aliphatic rings. The molecular formula is C10H12ClN3O4. The van der Waals surface area contributed by atoms with Crippen LogP contribution in [0.15, 0.2) is 18.2 Å². The fourth-order valence-corrected chi connectivity index (χ4v) is 1.39. The molecule has 0 atom stereocenters. The summed E-state index contributed by atoms with van der Waals surface area (Å²) in [7, 11) is 0. The number of nitro benzene ring substituents is 1. The summed E-state index contributed by atoms with van der Waals surface area (Å²) in [6.45, 7) is 0.311. The standard InChI is InChI=1S/C10H12ClN3O4/c11-8-6-7(14(17)18)2-3-9(8)13-10(16)12-4-1-5-15/h2-3,6,15H,1,4-5H2,(H2,12,13,16). The first kappa shape index (κ1) is 14.2. The van der Waals surface area contributed by atoms with Gasteiger partial charge in [-0.05, 0) is 12.5 Å². The number of amides is 2. The number of carbonyl (C=O) groups excluding carboxylic acids is 1. The fraction of sp³-hybridized carbons (Fsp3) is 0.300. The minimum absolute atomic E-state index is 0.0153. The van der Waals surface area contributed by atoms with Gasteiger partial charge < -0.3 is 15.7 Å². The summed E-state index contributed by atoms with van der Waals surface area (Å²) in [6, 6.07) is 3.27. The molecule has 2 amide bonds. The van der Waals surface area contributed by atoms with E-state index in [0.717, 1.165) is 6.07 Å². The SMILES string of the molecule is O=C(NCCCO)Nc1ccc([N+](=O)[O-])cc1Cl. The van der Waals surface area contributed by atoms with E-state index in [0.29, 0.717) is 13.0 Å². The van der Waals surface area contributed by atoms with Gasteiger partial charge >= 0.3 is 6.03 Å². The predicted octanol–water partition coefficient (Wildman–Crippen LogP) is 1.75. The van der Waals surface area contributed by atoms with Gasteiger partial charge in [-0.25, -0.2) is 4.79 Å². The summed E-state index contributed by atoms with van der Waals surface area (Å²) < 4.78 is 0. The second-order valence-electron chi connectivity index (χ2n) is 3.38. The Bertz CT molecular complexity index is 453. The highest BCUT2D eigenvalue weighted by Gasteiger charge is 2.10. The molecule has 0 fully saturated rings. The number of halogens is 1. The van der Waals surface area contributed by atoms with Gasteiger partial charge in [0.05, 0.1) is 15.6 Å². The first-order valence-corrected chi connectivity index (χ1v) is 5.52. The topological polar surface area (TPSA) is 104 Å². The fourth-order valence-electron chi connectivity index (χ4n) is 1.17. The molecule has 0 radical (unpaired) electrons. The Morgan fingerprint density at radius 1 is 1.50 bits per heavy atom. The summed E-state index contributed by atoms with van der Waals surface area (Å²) >= 11 is 5.79. The zero-order valence-corrected chi connectivity index (χ0v) is 10.1. The number of hydrogen-bond acceptors (Lipinski definition) is 4. The molecule has 1 aromatic carbocycles. The van der Waals surface area contributed by atoms with Gasteiger partial charge in [0.2, 0.25) is 0 Å². The van der Waals surface area contributed by atoms with Crippen LogP contribution in [0, 0.1) is 10.1 Å². The number of non-ortho nitro benzene ring substituents is 1. The number of rotatable bonds is 5. The Labute approximate surface area is 108 Å². The highest BCUT2D eigenvalue weighted by Crippen LogP contribution is 2.26. The van der Waals surface area contributed by atoms with Crippen molar-refractivity contribution in [2.24, 2.45) is 0 Å². The number of carbonyl (C=O) groups is 1. The summed E-state index contributed by atoms with van der Waals surface area (Å²) in [4.78, 5) is 21.3. The molecule has 8 heteroatoms. The first-order chi connectivity index (χ1) is 8.54. The van der Waals surface area contributed by atoms with Crippen LogP contribution in [-0.2, 0) is 0 Å². The molecule has 0 aliphatic heterocycles. The highest BCUT2D eigenvalue weighted by molar-refractivity contribution is 6.33. The number of nitrogens with one attached hydrogen (secondary N) is 2. The van der Waals surface area contributed by atoms with Crippen LogP contribution >= 0.6 is 11.6 Å². The lowest BCUT2D eigenvalue weighted by Gasteiger charge is -2.08. The molecule has 0 saturated heterocycles. The minimum atomic E-state index is -0.572. The Kier molecular flexibility index (Phi) is 5.34. The third kappa shape index (κ3) is 4.19. The molecule has 0 bridgehead atoms. The van der Waals surface area contributed by atoms with Crippen molar-refractivity contribution < 1.29 is 14.8 Å². The molecular weight excluding hydrogens is 262 g/mol. The van der Waals surface area contributed by atoms with Gasteiger partial charge in [-0.1, -0.05) is 11.6 Å². The number of hydrogen-bond donors (Lipinski definition) is 3. The Morgan fingerprint density at radius 2 is 2.22 bits per heavy atom. The molecule has 1 rings (SSSR count). The summed E-state index contributed by atoms with van der Waals surface area (Å²) in [5.74, 6) is 0. The van der Waals surface area contributed by atoms with E-state index in [1.54, 1.807) is 0 Å². The van der Waals surface area contributed by atoms with Crippen molar-refractivity contribution in [3.63, 3.8) is 0 Å². The molecule has 3 N–H and O–H groups in total. The van der Waals surface area contributed by atoms with Crippen LogP contribution < -0.4 is 10.6 Å². The van der Waals surface area contributed by atoms with Crippen molar-refractivity contribution in [1.29, 1.82) is 0 Å². The van der Waals surface area contributed by atoms with E-state index in [2.05, 4.69) is 10.6 Å². The first-order valence-electron chi connectivity index (χ1n) is 5.14. The van der Waals surface area contributed by atoms with E-state index in [4.69, 9.17) is 16.7 Å². The van der Waals surface area contributed by atoms with Gasteiger partial charge in [-0.15, -0.1) is 0 Å². The predicted molar refractivity (Wildman–Crippen MR) is 66.8 cm³/mol. The van der Waals surface area contributed by atoms with Crippen LogP contribution in [0.4, 0.5) is 16.2 Å². The van der Waals surface area contributed by atoms with Crippen molar-refractivity contribution in [1.82, 2.24) is 5.32 Å². The molecule has 0 aliphatic carbocycles. The highest BCUT2D eigenvalue weighted by atomic mass is 35.5. The molecule has 0 heterocycles. The summed E-state index contributed by atoms with van der Waals surface area (Å²) in [5, 5.41) is 24.1. The zero-order valence-electron chi connectivity index (χ0n) is 9.35. The second kappa shape index (κ2) is 6.77. The van der Waals surface area contributed by atoms with Gasteiger partial charge in [0.25, 0.3) is 5.69 Å². The minimum Gasteiger partial charge on any atom is -0.396 e. The van der Waals surface area contributed by atoms with Crippen molar-refractivity contribution in [3.8, 4) is 0 Å². The Balaban J connectivity index is 2.62.